The van der Waals surface area contributed by atoms with Gasteiger partial charge in [0, 0.05) is 32.8 Å². The molecule has 2 fully saturated rings. The van der Waals surface area contributed by atoms with Crippen LogP contribution in [-0.2, 0) is 14.3 Å². The maximum Gasteiger partial charge on any atom is 0.328 e. The van der Waals surface area contributed by atoms with Gasteiger partial charge in [-0.15, -0.1) is 0 Å². The van der Waals surface area contributed by atoms with Crippen molar-refractivity contribution in [1.82, 2.24) is 14.7 Å². The highest BCUT2D eigenvalue weighted by atomic mass is 16.5. The summed E-state index contributed by atoms with van der Waals surface area (Å²) in [5.41, 5.74) is 4.34. The molecule has 0 aromatic rings. The number of likely N-dealkylation sites (tertiary alicyclic amines) is 1. The van der Waals surface area contributed by atoms with Gasteiger partial charge in [0.05, 0.1) is 6.61 Å². The van der Waals surface area contributed by atoms with Gasteiger partial charge in [0.1, 0.15) is 12.1 Å². The highest BCUT2D eigenvalue weighted by Crippen LogP contribution is 2.37. The van der Waals surface area contributed by atoms with Crippen molar-refractivity contribution in [2.45, 2.75) is 38.3 Å². The molecule has 2 N–H and O–H groups in total. The van der Waals surface area contributed by atoms with Crippen molar-refractivity contribution < 1.29 is 19.1 Å². The molecule has 8 heteroatoms. The number of primary amides is 1. The summed E-state index contributed by atoms with van der Waals surface area (Å²) in [5.74, 6) is -0.965. The third-order valence-electron chi connectivity index (χ3n) is 4.91. The SMILES string of the molecule is CCN1C(=O)N(CC(N)=O)C(=O)C12CCN([C@H](C)COC)CC2. The van der Waals surface area contributed by atoms with Gasteiger partial charge in [-0.2, -0.15) is 0 Å². The molecule has 1 spiro atoms. The zero-order chi connectivity index (χ0) is 17.2. The second-order valence-corrected chi connectivity index (χ2v) is 6.26. The lowest BCUT2D eigenvalue weighted by molar-refractivity contribution is -0.138. The molecular weight excluding hydrogens is 300 g/mol. The number of nitrogens with zero attached hydrogens (tertiary/aromatic N) is 3. The van der Waals surface area contributed by atoms with Crippen LogP contribution in [0.2, 0.25) is 0 Å². The van der Waals surface area contributed by atoms with E-state index >= 15 is 0 Å². The molecule has 2 saturated heterocycles. The second kappa shape index (κ2) is 6.84. The molecule has 0 bridgehead atoms. The molecule has 0 radical (unpaired) electrons. The molecule has 0 saturated carbocycles. The number of carbonyl (C=O) groups excluding carboxylic acids is 3. The van der Waals surface area contributed by atoms with Crippen molar-refractivity contribution in [3.63, 3.8) is 0 Å². The van der Waals surface area contributed by atoms with Crippen LogP contribution in [0.3, 0.4) is 0 Å². The van der Waals surface area contributed by atoms with Crippen molar-refractivity contribution in [3.05, 3.63) is 0 Å². The fraction of sp³-hybridized carbons (Fsp3) is 0.800. The van der Waals surface area contributed by atoms with Gasteiger partial charge in [-0.05, 0) is 26.7 Å². The highest BCUT2D eigenvalue weighted by Gasteiger charge is 2.57. The molecule has 130 valence electrons. The van der Waals surface area contributed by atoms with E-state index in [9.17, 15) is 14.4 Å². The molecule has 2 aliphatic heterocycles. The third-order valence-corrected chi connectivity index (χ3v) is 4.91. The summed E-state index contributed by atoms with van der Waals surface area (Å²) < 4.78 is 5.18. The standard InChI is InChI=1S/C15H26N4O4/c1-4-19-14(22)18(9-12(16)20)13(21)15(19)5-7-17(8-6-15)11(2)10-23-3/h11H,4-10H2,1-3H3,(H2,16,20)/t11-/m1/s1. The van der Waals surface area contributed by atoms with Gasteiger partial charge in [-0.3, -0.25) is 19.4 Å². The summed E-state index contributed by atoms with van der Waals surface area (Å²) in [5, 5.41) is 0. The molecule has 2 aliphatic rings. The number of nitrogens with two attached hydrogens (primary N) is 1. The minimum Gasteiger partial charge on any atom is -0.383 e. The number of hydrogen-bond donors (Lipinski definition) is 1. The zero-order valence-corrected chi connectivity index (χ0v) is 14.1. The molecule has 23 heavy (non-hydrogen) atoms. The summed E-state index contributed by atoms with van der Waals surface area (Å²) in [6.45, 7) is 6.08. The van der Waals surface area contributed by atoms with Crippen molar-refractivity contribution >= 4 is 17.8 Å². The van der Waals surface area contributed by atoms with E-state index in [4.69, 9.17) is 10.5 Å². The van der Waals surface area contributed by atoms with Gasteiger partial charge in [-0.1, -0.05) is 0 Å². The number of piperidine rings is 1. The number of methoxy groups -OCH3 is 1. The first-order valence-corrected chi connectivity index (χ1v) is 8.02. The fourth-order valence-corrected chi connectivity index (χ4v) is 3.68. The highest BCUT2D eigenvalue weighted by molar-refractivity contribution is 6.09. The maximum atomic E-state index is 12.8. The van der Waals surface area contributed by atoms with Crippen LogP contribution in [0.15, 0.2) is 0 Å². The normalized spacial score (nSPS) is 22.9. The fourth-order valence-electron chi connectivity index (χ4n) is 3.68. The van der Waals surface area contributed by atoms with E-state index in [0.717, 1.165) is 4.90 Å². The molecule has 8 nitrogen and oxygen atoms in total. The molecule has 4 amide bonds. The Morgan fingerprint density at radius 3 is 2.43 bits per heavy atom. The van der Waals surface area contributed by atoms with E-state index in [-0.39, 0.29) is 18.5 Å². The lowest BCUT2D eigenvalue weighted by atomic mass is 9.85. The van der Waals surface area contributed by atoms with Gasteiger partial charge in [-0.25, -0.2) is 4.79 Å². The topological polar surface area (TPSA) is 96.2 Å². The number of urea groups is 1. The number of imide groups is 1. The third kappa shape index (κ3) is 3.05. The maximum absolute atomic E-state index is 12.8. The summed E-state index contributed by atoms with van der Waals surface area (Å²) in [6.07, 6.45) is 1.13. The van der Waals surface area contributed by atoms with Crippen molar-refractivity contribution in [2.24, 2.45) is 5.73 Å². The van der Waals surface area contributed by atoms with E-state index in [1.54, 1.807) is 12.0 Å². The predicted octanol–water partition coefficient (Wildman–Crippen LogP) is -0.375. The van der Waals surface area contributed by atoms with Gasteiger partial charge < -0.3 is 15.4 Å². The van der Waals surface area contributed by atoms with Gasteiger partial charge in [0.2, 0.25) is 5.91 Å². The lowest BCUT2D eigenvalue weighted by Crippen LogP contribution is -2.58. The lowest BCUT2D eigenvalue weighted by Gasteiger charge is -2.43. The van der Waals surface area contributed by atoms with Crippen LogP contribution in [0, 0.1) is 0 Å². The molecule has 2 heterocycles. The van der Waals surface area contributed by atoms with Crippen LogP contribution in [0.5, 0.6) is 0 Å². The Hall–Kier alpha value is -1.67. The minimum absolute atomic E-state index is 0.265. The average Bonchev–Trinajstić information content (AvgIpc) is 2.69. The second-order valence-electron chi connectivity index (χ2n) is 6.26. The first-order valence-electron chi connectivity index (χ1n) is 8.02. The van der Waals surface area contributed by atoms with E-state index < -0.39 is 17.5 Å². The van der Waals surface area contributed by atoms with E-state index in [1.165, 1.54) is 0 Å². The smallest absolute Gasteiger partial charge is 0.328 e. The van der Waals surface area contributed by atoms with Gasteiger partial charge >= 0.3 is 6.03 Å². The molecule has 0 aliphatic carbocycles. The summed E-state index contributed by atoms with van der Waals surface area (Å²) in [6, 6.07) is -0.143. The molecule has 0 unspecified atom stereocenters. The number of rotatable bonds is 6. The summed E-state index contributed by atoms with van der Waals surface area (Å²) in [7, 11) is 1.67. The van der Waals surface area contributed by atoms with Crippen LogP contribution >= 0.6 is 0 Å². The van der Waals surface area contributed by atoms with E-state index in [0.29, 0.717) is 39.1 Å². The van der Waals surface area contributed by atoms with Crippen molar-refractivity contribution in [3.8, 4) is 0 Å². The zero-order valence-electron chi connectivity index (χ0n) is 14.1. The van der Waals surface area contributed by atoms with Crippen LogP contribution in [-0.4, -0.2) is 84.0 Å². The monoisotopic (exact) mass is 326 g/mol. The minimum atomic E-state index is -0.829. The Labute approximate surface area is 136 Å². The first kappa shape index (κ1) is 17.7. The van der Waals surface area contributed by atoms with Gasteiger partial charge in [0.25, 0.3) is 5.91 Å². The average molecular weight is 326 g/mol. The first-order chi connectivity index (χ1) is 10.9. The number of hydrogen-bond acceptors (Lipinski definition) is 5. The van der Waals surface area contributed by atoms with Crippen molar-refractivity contribution in [2.75, 3.05) is 39.9 Å². The van der Waals surface area contributed by atoms with Crippen LogP contribution in [0.4, 0.5) is 4.79 Å². The molecule has 1 atom stereocenters. The Morgan fingerprint density at radius 2 is 1.96 bits per heavy atom. The van der Waals surface area contributed by atoms with E-state index in [1.807, 2.05) is 6.92 Å². The van der Waals surface area contributed by atoms with Crippen LogP contribution in [0.1, 0.15) is 26.7 Å². The molecule has 0 aromatic carbocycles. The Bertz CT molecular complexity index is 488. The Kier molecular flexibility index (Phi) is 5.26. The Morgan fingerprint density at radius 1 is 1.35 bits per heavy atom. The Balaban J connectivity index is 2.16. The molecule has 2 rings (SSSR count). The number of likely N-dealkylation sites (N-methyl/N-ethyl adjacent to an activating group) is 1. The van der Waals surface area contributed by atoms with Crippen LogP contribution < -0.4 is 5.73 Å². The number of carbonyl (C=O) groups is 3. The number of ether oxygens (including phenoxy) is 1. The van der Waals surface area contributed by atoms with Crippen LogP contribution in [0.25, 0.3) is 0 Å². The summed E-state index contributed by atoms with van der Waals surface area (Å²) in [4.78, 5) is 41.3. The summed E-state index contributed by atoms with van der Waals surface area (Å²) >= 11 is 0. The largest absolute Gasteiger partial charge is 0.383 e. The molecular formula is C15H26N4O4. The van der Waals surface area contributed by atoms with Crippen molar-refractivity contribution in [1.29, 1.82) is 0 Å². The quantitative estimate of drug-likeness (QED) is 0.672. The van der Waals surface area contributed by atoms with Gasteiger partial charge in [0.15, 0.2) is 0 Å². The number of amides is 4. The molecule has 0 aromatic heterocycles. The predicted molar refractivity (Wildman–Crippen MR) is 83.6 cm³/mol. The van der Waals surface area contributed by atoms with E-state index in [2.05, 4.69) is 11.8 Å².